The van der Waals surface area contributed by atoms with Crippen LogP contribution < -0.4 is 5.32 Å². The lowest BCUT2D eigenvalue weighted by Crippen LogP contribution is -2.11. The van der Waals surface area contributed by atoms with Crippen LogP contribution in [-0.4, -0.2) is 6.54 Å². The zero-order valence-electron chi connectivity index (χ0n) is 12.0. The molecule has 19 heavy (non-hydrogen) atoms. The van der Waals surface area contributed by atoms with E-state index >= 15 is 0 Å². The third kappa shape index (κ3) is 2.25. The summed E-state index contributed by atoms with van der Waals surface area (Å²) in [7, 11) is 0. The van der Waals surface area contributed by atoms with Crippen molar-refractivity contribution in [3.05, 3.63) is 52.6 Å². The molecule has 0 fully saturated rings. The first kappa shape index (κ1) is 12.3. The lowest BCUT2D eigenvalue weighted by molar-refractivity contribution is 0.830. The highest BCUT2D eigenvalue weighted by Gasteiger charge is 2.12. The topological polar surface area (TPSA) is 12.0 Å². The smallest absolute Gasteiger partial charge is 0.0378 e. The van der Waals surface area contributed by atoms with Crippen molar-refractivity contribution in [3.8, 4) is 11.1 Å². The minimum absolute atomic E-state index is 1.10. The first-order chi connectivity index (χ1) is 9.15. The molecule has 1 aliphatic heterocycles. The van der Waals surface area contributed by atoms with Crippen molar-refractivity contribution in [1.29, 1.82) is 0 Å². The summed E-state index contributed by atoms with van der Waals surface area (Å²) in [5.74, 6) is 0. The highest BCUT2D eigenvalue weighted by Crippen LogP contribution is 2.32. The van der Waals surface area contributed by atoms with Crippen LogP contribution in [0.3, 0.4) is 0 Å². The molecule has 1 heteroatoms. The minimum Gasteiger partial charge on any atom is -0.385 e. The first-order valence-electron chi connectivity index (χ1n) is 7.10. The van der Waals surface area contributed by atoms with Crippen LogP contribution in [-0.2, 0) is 6.42 Å². The Hall–Kier alpha value is -1.76. The van der Waals surface area contributed by atoms with Crippen molar-refractivity contribution in [3.63, 3.8) is 0 Å². The van der Waals surface area contributed by atoms with Crippen LogP contribution in [0.5, 0.6) is 0 Å². The van der Waals surface area contributed by atoms with Crippen molar-refractivity contribution in [2.75, 3.05) is 11.9 Å². The third-order valence-electron chi connectivity index (χ3n) is 4.01. The lowest BCUT2D eigenvalue weighted by atomic mass is 9.91. The fraction of sp³-hybridized carbons (Fsp3) is 0.333. The van der Waals surface area contributed by atoms with Crippen molar-refractivity contribution < 1.29 is 0 Å². The molecular formula is C18H21N. The Morgan fingerprint density at radius 3 is 2.42 bits per heavy atom. The number of fused-ring (bicyclic) bond motifs is 1. The van der Waals surface area contributed by atoms with Gasteiger partial charge in [-0.1, -0.05) is 29.8 Å². The standard InChI is InChI=1S/C18H21N/c1-12-9-13(2)18(14(3)10-12)16-7-6-15-5-4-8-19-17(15)11-16/h6-7,9-11,19H,4-5,8H2,1-3H3. The third-order valence-corrected chi connectivity index (χ3v) is 4.01. The average molecular weight is 251 g/mol. The van der Waals surface area contributed by atoms with E-state index in [1.54, 1.807) is 0 Å². The molecule has 0 spiro atoms. The number of aryl methyl sites for hydroxylation is 4. The second kappa shape index (κ2) is 4.73. The molecule has 2 aromatic carbocycles. The van der Waals surface area contributed by atoms with Gasteiger partial charge in [-0.15, -0.1) is 0 Å². The molecule has 0 saturated carbocycles. The van der Waals surface area contributed by atoms with Gasteiger partial charge in [0.1, 0.15) is 0 Å². The molecule has 0 radical (unpaired) electrons. The fourth-order valence-electron chi connectivity index (χ4n) is 3.25. The summed E-state index contributed by atoms with van der Waals surface area (Å²) in [6, 6.07) is 11.4. The van der Waals surface area contributed by atoms with Crippen LogP contribution in [0.2, 0.25) is 0 Å². The molecule has 0 atom stereocenters. The molecule has 0 aliphatic carbocycles. The van der Waals surface area contributed by atoms with E-state index in [1.807, 2.05) is 0 Å². The SMILES string of the molecule is Cc1cc(C)c(-c2ccc3c(c2)NCCC3)c(C)c1. The predicted octanol–water partition coefficient (Wildman–Crippen LogP) is 4.64. The average Bonchev–Trinajstić information content (AvgIpc) is 2.37. The highest BCUT2D eigenvalue weighted by atomic mass is 14.9. The van der Waals surface area contributed by atoms with Gasteiger partial charge in [0.25, 0.3) is 0 Å². The Morgan fingerprint density at radius 1 is 0.947 bits per heavy atom. The van der Waals surface area contributed by atoms with Crippen molar-refractivity contribution in [2.45, 2.75) is 33.6 Å². The monoisotopic (exact) mass is 251 g/mol. The van der Waals surface area contributed by atoms with E-state index in [1.165, 1.54) is 51.9 Å². The van der Waals surface area contributed by atoms with E-state index in [2.05, 4.69) is 56.4 Å². The van der Waals surface area contributed by atoms with E-state index in [0.717, 1.165) is 6.54 Å². The Labute approximate surface area is 115 Å². The quantitative estimate of drug-likeness (QED) is 0.778. The zero-order chi connectivity index (χ0) is 13.4. The molecule has 1 N–H and O–H groups in total. The summed E-state index contributed by atoms with van der Waals surface area (Å²) in [6.45, 7) is 7.69. The van der Waals surface area contributed by atoms with Crippen LogP contribution in [0.15, 0.2) is 30.3 Å². The van der Waals surface area contributed by atoms with Gasteiger partial charge >= 0.3 is 0 Å². The van der Waals surface area contributed by atoms with Gasteiger partial charge in [0, 0.05) is 12.2 Å². The first-order valence-corrected chi connectivity index (χ1v) is 7.10. The minimum atomic E-state index is 1.10. The number of rotatable bonds is 1. The van der Waals surface area contributed by atoms with Crippen LogP contribution in [0.1, 0.15) is 28.7 Å². The van der Waals surface area contributed by atoms with Crippen LogP contribution >= 0.6 is 0 Å². The van der Waals surface area contributed by atoms with Gasteiger partial charge in [-0.3, -0.25) is 0 Å². The maximum absolute atomic E-state index is 3.52. The molecule has 0 unspecified atom stereocenters. The summed E-state index contributed by atoms with van der Waals surface area (Å²) in [5.41, 5.74) is 9.58. The zero-order valence-corrected chi connectivity index (χ0v) is 12.0. The second-order valence-electron chi connectivity index (χ2n) is 5.68. The van der Waals surface area contributed by atoms with Crippen molar-refractivity contribution >= 4 is 5.69 Å². The summed E-state index contributed by atoms with van der Waals surface area (Å²) >= 11 is 0. The number of hydrogen-bond donors (Lipinski definition) is 1. The molecule has 98 valence electrons. The molecule has 0 aromatic heterocycles. The predicted molar refractivity (Wildman–Crippen MR) is 82.9 cm³/mol. The van der Waals surface area contributed by atoms with Crippen LogP contribution in [0, 0.1) is 20.8 Å². The Morgan fingerprint density at radius 2 is 1.68 bits per heavy atom. The molecular weight excluding hydrogens is 230 g/mol. The Balaban J connectivity index is 2.12. The number of benzene rings is 2. The van der Waals surface area contributed by atoms with E-state index in [4.69, 9.17) is 0 Å². The number of anilines is 1. The molecule has 2 aromatic rings. The van der Waals surface area contributed by atoms with Gasteiger partial charge in [0.2, 0.25) is 0 Å². The van der Waals surface area contributed by atoms with Crippen molar-refractivity contribution in [1.82, 2.24) is 0 Å². The van der Waals surface area contributed by atoms with E-state index in [0.29, 0.717) is 0 Å². The fourth-order valence-corrected chi connectivity index (χ4v) is 3.25. The van der Waals surface area contributed by atoms with Gasteiger partial charge < -0.3 is 5.32 Å². The Bertz CT molecular complexity index is 603. The van der Waals surface area contributed by atoms with E-state index < -0.39 is 0 Å². The van der Waals surface area contributed by atoms with E-state index in [9.17, 15) is 0 Å². The molecule has 1 heterocycles. The summed E-state index contributed by atoms with van der Waals surface area (Å²) < 4.78 is 0. The van der Waals surface area contributed by atoms with Gasteiger partial charge in [0.05, 0.1) is 0 Å². The van der Waals surface area contributed by atoms with Crippen LogP contribution in [0.4, 0.5) is 5.69 Å². The Kier molecular flexibility index (Phi) is 3.06. The maximum atomic E-state index is 3.52. The van der Waals surface area contributed by atoms with Gasteiger partial charge in [0.15, 0.2) is 0 Å². The lowest BCUT2D eigenvalue weighted by Gasteiger charge is -2.20. The van der Waals surface area contributed by atoms with E-state index in [-0.39, 0.29) is 0 Å². The normalized spacial score (nSPS) is 13.8. The number of hydrogen-bond acceptors (Lipinski definition) is 1. The summed E-state index contributed by atoms with van der Waals surface area (Å²) in [5, 5.41) is 3.52. The summed E-state index contributed by atoms with van der Waals surface area (Å²) in [6.07, 6.45) is 2.45. The molecule has 1 nitrogen and oxygen atoms in total. The van der Waals surface area contributed by atoms with Gasteiger partial charge in [-0.05, 0) is 67.5 Å². The van der Waals surface area contributed by atoms with Gasteiger partial charge in [-0.25, -0.2) is 0 Å². The maximum Gasteiger partial charge on any atom is 0.0378 e. The van der Waals surface area contributed by atoms with Crippen LogP contribution in [0.25, 0.3) is 11.1 Å². The summed E-state index contributed by atoms with van der Waals surface area (Å²) in [4.78, 5) is 0. The largest absolute Gasteiger partial charge is 0.385 e. The van der Waals surface area contributed by atoms with Gasteiger partial charge in [-0.2, -0.15) is 0 Å². The molecule has 0 bridgehead atoms. The second-order valence-corrected chi connectivity index (χ2v) is 5.68. The van der Waals surface area contributed by atoms with Crippen molar-refractivity contribution in [2.24, 2.45) is 0 Å². The molecule has 3 rings (SSSR count). The molecule has 0 saturated heterocycles. The highest BCUT2D eigenvalue weighted by molar-refractivity contribution is 5.75. The number of nitrogens with one attached hydrogen (secondary N) is 1. The molecule has 1 aliphatic rings. The molecule has 0 amide bonds.